The zero-order valence-corrected chi connectivity index (χ0v) is 11.4. The summed E-state index contributed by atoms with van der Waals surface area (Å²) in [6, 6.07) is 8.46. The average molecular weight is 289 g/mol. The first-order chi connectivity index (χ1) is 10.1. The van der Waals surface area contributed by atoms with Crippen LogP contribution in [-0.4, -0.2) is 23.6 Å². The number of nitrogens with two attached hydrogens (primary N) is 1. The van der Waals surface area contributed by atoms with Gasteiger partial charge in [0.25, 0.3) is 5.91 Å². The fourth-order valence-electron chi connectivity index (χ4n) is 1.64. The van der Waals surface area contributed by atoms with Gasteiger partial charge in [-0.05, 0) is 25.1 Å². The monoisotopic (exact) mass is 289 g/mol. The Kier molecular flexibility index (Phi) is 4.45. The van der Waals surface area contributed by atoms with Crippen molar-refractivity contribution in [2.45, 2.75) is 6.92 Å². The zero-order valence-electron chi connectivity index (χ0n) is 11.4. The maximum Gasteiger partial charge on any atom is 0.291 e. The number of oxime groups is 1. The van der Waals surface area contributed by atoms with Crippen LogP contribution in [-0.2, 0) is 0 Å². The Hall–Kier alpha value is -2.96. The lowest BCUT2D eigenvalue weighted by molar-refractivity contribution is 0.0996. The van der Waals surface area contributed by atoms with Crippen LogP contribution < -0.4 is 15.8 Å². The van der Waals surface area contributed by atoms with Crippen molar-refractivity contribution < 1.29 is 19.2 Å². The van der Waals surface area contributed by atoms with Crippen molar-refractivity contribution in [2.24, 2.45) is 10.9 Å². The molecule has 0 bridgehead atoms. The number of hydrogen-bond donors (Lipinski definition) is 3. The van der Waals surface area contributed by atoms with Gasteiger partial charge in [0, 0.05) is 17.3 Å². The molecule has 1 aromatic heterocycles. The Morgan fingerprint density at radius 2 is 2.29 bits per heavy atom. The fourth-order valence-corrected chi connectivity index (χ4v) is 1.64. The Bertz CT molecular complexity index is 664. The van der Waals surface area contributed by atoms with E-state index in [1.165, 1.54) is 6.26 Å². The molecule has 2 aromatic rings. The summed E-state index contributed by atoms with van der Waals surface area (Å²) in [4.78, 5) is 12.0. The molecule has 0 saturated heterocycles. The minimum atomic E-state index is -0.342. The molecule has 0 aliphatic carbocycles. The minimum absolute atomic E-state index is 0.0457. The van der Waals surface area contributed by atoms with Crippen LogP contribution in [0, 0.1) is 6.92 Å². The molecule has 7 heteroatoms. The summed E-state index contributed by atoms with van der Waals surface area (Å²) in [6.07, 6.45) is 1.46. The van der Waals surface area contributed by atoms with Gasteiger partial charge < -0.3 is 25.4 Å². The highest BCUT2D eigenvalue weighted by atomic mass is 16.5. The van der Waals surface area contributed by atoms with Crippen LogP contribution in [0.2, 0.25) is 0 Å². The highest BCUT2D eigenvalue weighted by molar-refractivity contribution is 6.03. The summed E-state index contributed by atoms with van der Waals surface area (Å²) >= 11 is 0. The van der Waals surface area contributed by atoms with Crippen LogP contribution in [0.1, 0.15) is 16.1 Å². The highest BCUT2D eigenvalue weighted by Gasteiger charge is 2.12. The number of carbonyl (C=O) groups excluding carboxylic acids is 1. The van der Waals surface area contributed by atoms with Gasteiger partial charge in [0.15, 0.2) is 11.6 Å². The molecule has 0 fully saturated rings. The van der Waals surface area contributed by atoms with Crippen LogP contribution in [0.25, 0.3) is 0 Å². The van der Waals surface area contributed by atoms with E-state index in [4.69, 9.17) is 20.1 Å². The number of aryl methyl sites for hydroxylation is 1. The normalized spacial score (nSPS) is 11.2. The van der Waals surface area contributed by atoms with Crippen LogP contribution in [0.15, 0.2) is 46.2 Å². The molecule has 21 heavy (non-hydrogen) atoms. The van der Waals surface area contributed by atoms with Gasteiger partial charge in [-0.15, -0.1) is 0 Å². The van der Waals surface area contributed by atoms with Gasteiger partial charge in [-0.3, -0.25) is 4.79 Å². The minimum Gasteiger partial charge on any atom is -0.485 e. The van der Waals surface area contributed by atoms with Gasteiger partial charge in [-0.25, -0.2) is 0 Å². The maximum atomic E-state index is 12.0. The molecular formula is C14H15N3O4. The molecule has 0 radical (unpaired) electrons. The maximum absolute atomic E-state index is 12.0. The second-order valence-corrected chi connectivity index (χ2v) is 4.29. The van der Waals surface area contributed by atoms with Gasteiger partial charge in [-0.1, -0.05) is 11.2 Å². The molecule has 1 aromatic carbocycles. The van der Waals surface area contributed by atoms with Crippen LogP contribution in [0.4, 0.5) is 5.69 Å². The van der Waals surface area contributed by atoms with E-state index in [0.29, 0.717) is 11.4 Å². The van der Waals surface area contributed by atoms with E-state index < -0.39 is 0 Å². The van der Waals surface area contributed by atoms with Crippen molar-refractivity contribution in [3.05, 3.63) is 47.9 Å². The molecular weight excluding hydrogens is 274 g/mol. The lowest BCUT2D eigenvalue weighted by atomic mass is 10.2. The predicted octanol–water partition coefficient (Wildman–Crippen LogP) is 1.97. The molecule has 110 valence electrons. The third kappa shape index (κ3) is 3.75. The van der Waals surface area contributed by atoms with Crippen LogP contribution in [0.5, 0.6) is 5.75 Å². The number of amides is 1. The van der Waals surface area contributed by atoms with E-state index in [2.05, 4.69) is 10.5 Å². The molecule has 0 saturated carbocycles. The molecule has 7 nitrogen and oxygen atoms in total. The molecule has 1 amide bonds. The van der Waals surface area contributed by atoms with Crippen molar-refractivity contribution in [1.29, 1.82) is 0 Å². The van der Waals surface area contributed by atoms with Crippen molar-refractivity contribution in [2.75, 3.05) is 11.9 Å². The highest BCUT2D eigenvalue weighted by Crippen LogP contribution is 2.19. The number of benzene rings is 1. The Morgan fingerprint density at radius 3 is 2.95 bits per heavy atom. The standard InChI is InChI=1S/C14H15N3O4/c1-9-5-6-20-13(9)14(18)16-10-3-2-4-11(7-10)21-8-12(15)17-19/h2-7,19H,8H2,1H3,(H2,15,17)(H,16,18). The van der Waals surface area contributed by atoms with E-state index in [1.54, 1.807) is 37.3 Å². The number of amidine groups is 1. The number of ether oxygens (including phenoxy) is 1. The van der Waals surface area contributed by atoms with E-state index in [1.807, 2.05) is 0 Å². The van der Waals surface area contributed by atoms with E-state index in [9.17, 15) is 4.79 Å². The van der Waals surface area contributed by atoms with Crippen molar-refractivity contribution >= 4 is 17.4 Å². The summed E-state index contributed by atoms with van der Waals surface area (Å²) < 4.78 is 10.4. The number of nitrogens with zero attached hydrogens (tertiary/aromatic N) is 1. The van der Waals surface area contributed by atoms with Gasteiger partial charge in [0.05, 0.1) is 6.26 Å². The van der Waals surface area contributed by atoms with E-state index in [-0.39, 0.29) is 24.1 Å². The summed E-state index contributed by atoms with van der Waals surface area (Å²) in [6.45, 7) is 1.74. The largest absolute Gasteiger partial charge is 0.485 e. The number of anilines is 1. The number of furan rings is 1. The molecule has 0 unspecified atom stereocenters. The van der Waals surface area contributed by atoms with Gasteiger partial charge in [-0.2, -0.15) is 0 Å². The smallest absolute Gasteiger partial charge is 0.291 e. The molecule has 1 heterocycles. The van der Waals surface area contributed by atoms with Crippen molar-refractivity contribution in [1.82, 2.24) is 0 Å². The van der Waals surface area contributed by atoms with Crippen molar-refractivity contribution in [3.63, 3.8) is 0 Å². The first-order valence-corrected chi connectivity index (χ1v) is 6.15. The summed E-state index contributed by atoms with van der Waals surface area (Å²) in [5.41, 5.74) is 6.62. The molecule has 0 aliphatic rings. The number of rotatable bonds is 5. The molecule has 2 rings (SSSR count). The Labute approximate surface area is 121 Å². The first-order valence-electron chi connectivity index (χ1n) is 6.15. The third-order valence-corrected chi connectivity index (χ3v) is 2.68. The van der Waals surface area contributed by atoms with E-state index >= 15 is 0 Å². The van der Waals surface area contributed by atoms with Gasteiger partial charge in [0.1, 0.15) is 12.4 Å². The number of nitrogens with one attached hydrogen (secondary N) is 1. The first kappa shape index (κ1) is 14.4. The summed E-state index contributed by atoms with van der Waals surface area (Å²) in [7, 11) is 0. The fraction of sp³-hybridized carbons (Fsp3) is 0.143. The number of hydrogen-bond acceptors (Lipinski definition) is 5. The number of carbonyl (C=O) groups is 1. The predicted molar refractivity (Wildman–Crippen MR) is 76.7 cm³/mol. The molecule has 0 aliphatic heterocycles. The molecule has 4 N–H and O–H groups in total. The lowest BCUT2D eigenvalue weighted by Crippen LogP contribution is -2.20. The summed E-state index contributed by atoms with van der Waals surface area (Å²) in [5, 5.41) is 13.9. The van der Waals surface area contributed by atoms with Gasteiger partial charge >= 0.3 is 0 Å². The Balaban J connectivity index is 2.04. The van der Waals surface area contributed by atoms with Crippen molar-refractivity contribution in [3.8, 4) is 5.75 Å². The van der Waals surface area contributed by atoms with Crippen LogP contribution in [0.3, 0.4) is 0 Å². The topological polar surface area (TPSA) is 110 Å². The molecule has 0 spiro atoms. The van der Waals surface area contributed by atoms with Gasteiger partial charge in [0.2, 0.25) is 0 Å². The quantitative estimate of drug-likeness (QED) is 0.337. The third-order valence-electron chi connectivity index (χ3n) is 2.68. The second-order valence-electron chi connectivity index (χ2n) is 4.29. The SMILES string of the molecule is Cc1ccoc1C(=O)Nc1cccc(OC/C(N)=N/O)c1. The zero-order chi connectivity index (χ0) is 15.2. The van der Waals surface area contributed by atoms with Crippen LogP contribution >= 0.6 is 0 Å². The Morgan fingerprint density at radius 1 is 1.48 bits per heavy atom. The molecule has 0 atom stereocenters. The summed E-state index contributed by atoms with van der Waals surface area (Å²) in [5.74, 6) is 0.357. The average Bonchev–Trinajstić information content (AvgIpc) is 2.91. The second kappa shape index (κ2) is 6.47. The lowest BCUT2D eigenvalue weighted by Gasteiger charge is -2.08. The van der Waals surface area contributed by atoms with E-state index in [0.717, 1.165) is 5.56 Å².